The highest BCUT2D eigenvalue weighted by atomic mass is 32.2. The molecule has 0 aliphatic carbocycles. The van der Waals surface area contributed by atoms with E-state index in [-0.39, 0.29) is 6.04 Å². The van der Waals surface area contributed by atoms with E-state index < -0.39 is 0 Å². The van der Waals surface area contributed by atoms with Gasteiger partial charge in [0, 0.05) is 16.7 Å². The minimum atomic E-state index is 0.0978. The fourth-order valence-electron chi connectivity index (χ4n) is 1.76. The van der Waals surface area contributed by atoms with E-state index in [2.05, 4.69) is 36.4 Å². The molecule has 2 rings (SSSR count). The van der Waals surface area contributed by atoms with Crippen molar-refractivity contribution in [1.29, 1.82) is 0 Å². The summed E-state index contributed by atoms with van der Waals surface area (Å²) in [5, 5.41) is 0. The second-order valence-electron chi connectivity index (χ2n) is 4.49. The van der Waals surface area contributed by atoms with Crippen LogP contribution >= 0.6 is 11.8 Å². The first-order valence-electron chi connectivity index (χ1n) is 6.30. The molecule has 0 bridgehead atoms. The molecule has 19 heavy (non-hydrogen) atoms. The number of hydrogen-bond donors (Lipinski definition) is 1. The number of benzene rings is 2. The molecule has 0 heterocycles. The van der Waals surface area contributed by atoms with E-state index in [0.29, 0.717) is 0 Å². The van der Waals surface area contributed by atoms with Crippen LogP contribution in [-0.2, 0) is 5.75 Å². The maximum atomic E-state index is 5.84. The molecule has 0 saturated heterocycles. The van der Waals surface area contributed by atoms with Gasteiger partial charge in [0.05, 0.1) is 7.11 Å². The van der Waals surface area contributed by atoms with Gasteiger partial charge in [0.2, 0.25) is 0 Å². The lowest BCUT2D eigenvalue weighted by Gasteiger charge is -2.07. The van der Waals surface area contributed by atoms with Crippen LogP contribution in [0.5, 0.6) is 5.75 Å². The van der Waals surface area contributed by atoms with E-state index in [9.17, 15) is 0 Å². The summed E-state index contributed by atoms with van der Waals surface area (Å²) in [7, 11) is 1.68. The zero-order valence-electron chi connectivity index (χ0n) is 11.3. The molecule has 2 aromatic carbocycles. The molecule has 1 unspecified atom stereocenters. The van der Waals surface area contributed by atoms with Gasteiger partial charge >= 0.3 is 0 Å². The Kier molecular flexibility index (Phi) is 4.88. The summed E-state index contributed by atoms with van der Waals surface area (Å²) < 4.78 is 5.15. The third kappa shape index (κ3) is 4.01. The second kappa shape index (κ2) is 6.64. The maximum Gasteiger partial charge on any atom is 0.118 e. The Hall–Kier alpha value is -1.45. The third-order valence-corrected chi connectivity index (χ3v) is 4.05. The largest absolute Gasteiger partial charge is 0.497 e. The molecule has 0 aromatic heterocycles. The van der Waals surface area contributed by atoms with Gasteiger partial charge in [-0.05, 0) is 42.3 Å². The van der Waals surface area contributed by atoms with Crippen molar-refractivity contribution in [2.24, 2.45) is 5.73 Å². The fraction of sp³-hybridized carbons (Fsp3) is 0.250. The Balaban J connectivity index is 1.94. The topological polar surface area (TPSA) is 35.2 Å². The number of thioether (sulfide) groups is 1. The first-order valence-corrected chi connectivity index (χ1v) is 7.29. The first-order chi connectivity index (χ1) is 9.19. The smallest absolute Gasteiger partial charge is 0.118 e. The fourth-order valence-corrected chi connectivity index (χ4v) is 2.61. The van der Waals surface area contributed by atoms with Gasteiger partial charge in [-0.2, -0.15) is 0 Å². The lowest BCUT2D eigenvalue weighted by atomic mass is 10.1. The van der Waals surface area contributed by atoms with Crippen molar-refractivity contribution >= 4 is 11.8 Å². The van der Waals surface area contributed by atoms with Gasteiger partial charge in [0.25, 0.3) is 0 Å². The van der Waals surface area contributed by atoms with Gasteiger partial charge in [0.1, 0.15) is 5.75 Å². The van der Waals surface area contributed by atoms with E-state index in [4.69, 9.17) is 10.5 Å². The summed E-state index contributed by atoms with van der Waals surface area (Å²) in [6.45, 7) is 2.00. The summed E-state index contributed by atoms with van der Waals surface area (Å²) in [6, 6.07) is 16.7. The quantitative estimate of drug-likeness (QED) is 0.836. The molecule has 2 N–H and O–H groups in total. The average molecular weight is 273 g/mol. The van der Waals surface area contributed by atoms with Crippen molar-refractivity contribution in [2.45, 2.75) is 23.6 Å². The molecule has 0 aliphatic heterocycles. The van der Waals surface area contributed by atoms with Crippen molar-refractivity contribution in [3.63, 3.8) is 0 Å². The van der Waals surface area contributed by atoms with E-state index >= 15 is 0 Å². The highest BCUT2D eigenvalue weighted by Gasteiger charge is 2.00. The summed E-state index contributed by atoms with van der Waals surface area (Å²) in [5.41, 5.74) is 8.31. The highest BCUT2D eigenvalue weighted by Crippen LogP contribution is 2.25. The van der Waals surface area contributed by atoms with Crippen molar-refractivity contribution in [1.82, 2.24) is 0 Å². The molecule has 0 radical (unpaired) electrons. The molecular formula is C16H19NOS. The molecule has 1 atom stereocenters. The monoisotopic (exact) mass is 273 g/mol. The predicted molar refractivity (Wildman–Crippen MR) is 81.6 cm³/mol. The van der Waals surface area contributed by atoms with Crippen LogP contribution in [0.1, 0.15) is 24.1 Å². The van der Waals surface area contributed by atoms with Gasteiger partial charge in [-0.25, -0.2) is 0 Å². The van der Waals surface area contributed by atoms with Crippen LogP contribution < -0.4 is 10.5 Å². The normalized spacial score (nSPS) is 12.2. The van der Waals surface area contributed by atoms with E-state index in [1.807, 2.05) is 30.8 Å². The molecule has 3 heteroatoms. The molecular weight excluding hydrogens is 254 g/mol. The van der Waals surface area contributed by atoms with Crippen molar-refractivity contribution in [2.75, 3.05) is 7.11 Å². The van der Waals surface area contributed by atoms with Crippen LogP contribution in [-0.4, -0.2) is 7.11 Å². The van der Waals surface area contributed by atoms with Crippen LogP contribution in [0.4, 0.5) is 0 Å². The third-order valence-electron chi connectivity index (χ3n) is 2.97. The summed E-state index contributed by atoms with van der Waals surface area (Å²) in [4.78, 5) is 1.26. The molecule has 0 amide bonds. The zero-order valence-corrected chi connectivity index (χ0v) is 12.1. The Labute approximate surface area is 119 Å². The van der Waals surface area contributed by atoms with Gasteiger partial charge in [-0.15, -0.1) is 11.8 Å². The molecule has 0 saturated carbocycles. The Morgan fingerprint density at radius 3 is 2.21 bits per heavy atom. The summed E-state index contributed by atoms with van der Waals surface area (Å²) in [5.74, 6) is 1.86. The Bertz CT molecular complexity index is 505. The molecule has 2 nitrogen and oxygen atoms in total. The summed E-state index contributed by atoms with van der Waals surface area (Å²) >= 11 is 1.83. The molecule has 0 aliphatic rings. The molecule has 0 spiro atoms. The summed E-state index contributed by atoms with van der Waals surface area (Å²) in [6.07, 6.45) is 0. The number of rotatable bonds is 5. The van der Waals surface area contributed by atoms with Crippen molar-refractivity contribution < 1.29 is 4.74 Å². The zero-order chi connectivity index (χ0) is 13.7. The van der Waals surface area contributed by atoms with Crippen LogP contribution in [0.3, 0.4) is 0 Å². The van der Waals surface area contributed by atoms with Gasteiger partial charge < -0.3 is 10.5 Å². The lowest BCUT2D eigenvalue weighted by Crippen LogP contribution is -2.04. The van der Waals surface area contributed by atoms with E-state index in [1.165, 1.54) is 16.0 Å². The van der Waals surface area contributed by atoms with Crippen molar-refractivity contribution in [3.05, 3.63) is 59.7 Å². The Morgan fingerprint density at radius 2 is 1.68 bits per heavy atom. The van der Waals surface area contributed by atoms with Crippen molar-refractivity contribution in [3.8, 4) is 5.75 Å². The standard InChI is InChI=1S/C16H19NOS/c1-12(17)14-5-9-16(10-6-14)19-11-13-3-7-15(18-2)8-4-13/h3-10,12H,11,17H2,1-2H3. The van der Waals surface area contributed by atoms with E-state index in [0.717, 1.165) is 11.5 Å². The number of methoxy groups -OCH3 is 1. The molecule has 0 fully saturated rings. The molecule has 100 valence electrons. The number of hydrogen-bond acceptors (Lipinski definition) is 3. The van der Waals surface area contributed by atoms with E-state index in [1.54, 1.807) is 7.11 Å². The minimum absolute atomic E-state index is 0.0978. The number of nitrogens with two attached hydrogens (primary N) is 1. The van der Waals surface area contributed by atoms with Crippen LogP contribution in [0.15, 0.2) is 53.4 Å². The van der Waals surface area contributed by atoms with Gasteiger partial charge in [-0.3, -0.25) is 0 Å². The SMILES string of the molecule is COc1ccc(CSc2ccc(C(C)N)cc2)cc1. The Morgan fingerprint density at radius 1 is 1.05 bits per heavy atom. The highest BCUT2D eigenvalue weighted by molar-refractivity contribution is 7.98. The second-order valence-corrected chi connectivity index (χ2v) is 5.54. The first kappa shape index (κ1) is 14.0. The van der Waals surface area contributed by atoms with Crippen LogP contribution in [0, 0.1) is 0 Å². The maximum absolute atomic E-state index is 5.84. The predicted octanol–water partition coefficient (Wildman–Crippen LogP) is 4.01. The minimum Gasteiger partial charge on any atom is -0.497 e. The van der Waals surface area contributed by atoms with Crippen LogP contribution in [0.25, 0.3) is 0 Å². The van der Waals surface area contributed by atoms with Gasteiger partial charge in [0.15, 0.2) is 0 Å². The lowest BCUT2D eigenvalue weighted by molar-refractivity contribution is 0.414. The van der Waals surface area contributed by atoms with Gasteiger partial charge in [-0.1, -0.05) is 24.3 Å². The molecule has 2 aromatic rings. The number of ether oxygens (including phenoxy) is 1. The average Bonchev–Trinajstić information content (AvgIpc) is 2.46. The van der Waals surface area contributed by atoms with Crippen LogP contribution in [0.2, 0.25) is 0 Å².